The van der Waals surface area contributed by atoms with Gasteiger partial charge in [-0.2, -0.15) is 0 Å². The van der Waals surface area contributed by atoms with Gasteiger partial charge in [0.2, 0.25) is 0 Å². The summed E-state index contributed by atoms with van der Waals surface area (Å²) in [5.74, 6) is 0.575. The maximum atomic E-state index is 12.0. The molecule has 0 fully saturated rings. The summed E-state index contributed by atoms with van der Waals surface area (Å²) in [5, 5.41) is 3.00. The van der Waals surface area contributed by atoms with Crippen LogP contribution in [0.3, 0.4) is 0 Å². The minimum Gasteiger partial charge on any atom is -0.374 e. The van der Waals surface area contributed by atoms with E-state index in [0.29, 0.717) is 18.1 Å². The molecule has 1 amide bonds. The van der Waals surface area contributed by atoms with Crippen LogP contribution in [0, 0.1) is 5.92 Å². The molecule has 0 saturated heterocycles. The summed E-state index contributed by atoms with van der Waals surface area (Å²) < 4.78 is 5.54. The summed E-state index contributed by atoms with van der Waals surface area (Å²) >= 11 is 0. The van der Waals surface area contributed by atoms with Crippen molar-refractivity contribution in [3.05, 3.63) is 35.4 Å². The lowest BCUT2D eigenvalue weighted by Crippen LogP contribution is -2.28. The molecule has 0 atom stereocenters. The van der Waals surface area contributed by atoms with E-state index >= 15 is 0 Å². The third-order valence-corrected chi connectivity index (χ3v) is 3.51. The number of carbonyl (C=O) groups excluding carboxylic acids is 1. The Morgan fingerprint density at radius 3 is 2.25 bits per heavy atom. The number of benzene rings is 1. The lowest BCUT2D eigenvalue weighted by molar-refractivity contribution is 0.0656. The van der Waals surface area contributed by atoms with E-state index in [1.807, 2.05) is 38.1 Å². The van der Waals surface area contributed by atoms with Gasteiger partial charge in [0.25, 0.3) is 5.91 Å². The van der Waals surface area contributed by atoms with Crippen LogP contribution in [0.2, 0.25) is 0 Å². The molecule has 1 aromatic rings. The highest BCUT2D eigenvalue weighted by Gasteiger charge is 2.08. The normalized spacial score (nSPS) is 11.1. The molecule has 0 bridgehead atoms. The standard InChI is InChI=1S/C17H27NO2/c1-5-14(6-2)11-18-17(19)16-9-7-15(8-10-16)12-20-13(3)4/h7-10,13-14H,5-6,11-12H2,1-4H3,(H,18,19). The smallest absolute Gasteiger partial charge is 0.251 e. The van der Waals surface area contributed by atoms with Crippen molar-refractivity contribution in [2.45, 2.75) is 53.2 Å². The molecule has 3 heteroatoms. The molecule has 0 aliphatic heterocycles. The molecule has 1 N–H and O–H groups in total. The third kappa shape index (κ3) is 5.74. The molecule has 1 aromatic carbocycles. The fourth-order valence-electron chi connectivity index (χ4n) is 1.93. The Labute approximate surface area is 122 Å². The second-order valence-corrected chi connectivity index (χ2v) is 5.45. The first-order valence-electron chi connectivity index (χ1n) is 7.55. The second-order valence-electron chi connectivity index (χ2n) is 5.45. The minimum absolute atomic E-state index is 0.00762. The van der Waals surface area contributed by atoms with Crippen LogP contribution in [0.4, 0.5) is 0 Å². The molecule has 0 aromatic heterocycles. The maximum absolute atomic E-state index is 12.0. The fraction of sp³-hybridized carbons (Fsp3) is 0.588. The van der Waals surface area contributed by atoms with Crippen molar-refractivity contribution in [2.75, 3.05) is 6.54 Å². The third-order valence-electron chi connectivity index (χ3n) is 3.51. The molecule has 0 radical (unpaired) electrons. The molecule has 0 heterocycles. The van der Waals surface area contributed by atoms with E-state index in [-0.39, 0.29) is 12.0 Å². The van der Waals surface area contributed by atoms with Gasteiger partial charge in [0.15, 0.2) is 0 Å². The van der Waals surface area contributed by atoms with E-state index in [2.05, 4.69) is 19.2 Å². The Bertz CT molecular complexity index is 394. The molecular formula is C17H27NO2. The van der Waals surface area contributed by atoms with Gasteiger partial charge in [-0.15, -0.1) is 0 Å². The molecular weight excluding hydrogens is 250 g/mol. The Morgan fingerprint density at radius 2 is 1.75 bits per heavy atom. The zero-order valence-corrected chi connectivity index (χ0v) is 13.1. The van der Waals surface area contributed by atoms with Gasteiger partial charge >= 0.3 is 0 Å². The van der Waals surface area contributed by atoms with Crippen molar-refractivity contribution in [1.29, 1.82) is 0 Å². The molecule has 0 aliphatic rings. The largest absolute Gasteiger partial charge is 0.374 e. The summed E-state index contributed by atoms with van der Waals surface area (Å²) in [7, 11) is 0. The van der Waals surface area contributed by atoms with Gasteiger partial charge in [-0.1, -0.05) is 38.8 Å². The van der Waals surface area contributed by atoms with Gasteiger partial charge in [0, 0.05) is 12.1 Å². The first-order chi connectivity index (χ1) is 9.56. The minimum atomic E-state index is 0.00762. The number of hydrogen-bond acceptors (Lipinski definition) is 2. The van der Waals surface area contributed by atoms with Crippen LogP contribution in [0.1, 0.15) is 56.5 Å². The number of carbonyl (C=O) groups is 1. The van der Waals surface area contributed by atoms with Crippen molar-refractivity contribution in [1.82, 2.24) is 5.32 Å². The van der Waals surface area contributed by atoms with Crippen LogP contribution < -0.4 is 5.32 Å². The molecule has 1 rings (SSSR count). The Hall–Kier alpha value is -1.35. The van der Waals surface area contributed by atoms with Crippen LogP contribution in [-0.4, -0.2) is 18.6 Å². The van der Waals surface area contributed by atoms with Gasteiger partial charge in [0.1, 0.15) is 0 Å². The maximum Gasteiger partial charge on any atom is 0.251 e. The summed E-state index contributed by atoms with van der Waals surface area (Å²) in [6, 6.07) is 7.63. The van der Waals surface area contributed by atoms with Crippen LogP contribution in [0.5, 0.6) is 0 Å². The monoisotopic (exact) mass is 277 g/mol. The highest BCUT2D eigenvalue weighted by Crippen LogP contribution is 2.09. The molecule has 0 spiro atoms. The van der Waals surface area contributed by atoms with Crippen LogP contribution >= 0.6 is 0 Å². The zero-order valence-electron chi connectivity index (χ0n) is 13.1. The van der Waals surface area contributed by atoms with Crippen molar-refractivity contribution < 1.29 is 9.53 Å². The lowest BCUT2D eigenvalue weighted by Gasteiger charge is -2.13. The number of nitrogens with one attached hydrogen (secondary N) is 1. The van der Waals surface area contributed by atoms with E-state index in [9.17, 15) is 4.79 Å². The first kappa shape index (κ1) is 16.7. The second kappa shape index (κ2) is 8.75. The molecule has 3 nitrogen and oxygen atoms in total. The van der Waals surface area contributed by atoms with Gasteiger partial charge < -0.3 is 10.1 Å². The summed E-state index contributed by atoms with van der Waals surface area (Å²) in [4.78, 5) is 12.0. The SMILES string of the molecule is CCC(CC)CNC(=O)c1ccc(COC(C)C)cc1. The predicted molar refractivity (Wildman–Crippen MR) is 82.8 cm³/mol. The van der Waals surface area contributed by atoms with Gasteiger partial charge in [-0.05, 0) is 37.5 Å². The number of rotatable bonds is 8. The number of hydrogen-bond donors (Lipinski definition) is 1. The molecule has 0 saturated carbocycles. The Balaban J connectivity index is 2.48. The van der Waals surface area contributed by atoms with Crippen molar-refractivity contribution in [3.63, 3.8) is 0 Å². The van der Waals surface area contributed by atoms with Crippen LogP contribution in [0.15, 0.2) is 24.3 Å². The molecule has 112 valence electrons. The highest BCUT2D eigenvalue weighted by molar-refractivity contribution is 5.94. The van der Waals surface area contributed by atoms with Crippen molar-refractivity contribution >= 4 is 5.91 Å². The molecule has 0 aliphatic carbocycles. The average molecular weight is 277 g/mol. The van der Waals surface area contributed by atoms with Gasteiger partial charge in [-0.25, -0.2) is 0 Å². The number of ether oxygens (including phenoxy) is 1. The number of amides is 1. The van der Waals surface area contributed by atoms with E-state index in [0.717, 1.165) is 24.9 Å². The van der Waals surface area contributed by atoms with Crippen LogP contribution in [-0.2, 0) is 11.3 Å². The Kier molecular flexibility index (Phi) is 7.31. The predicted octanol–water partition coefficient (Wildman–Crippen LogP) is 3.78. The van der Waals surface area contributed by atoms with E-state index in [4.69, 9.17) is 4.74 Å². The topological polar surface area (TPSA) is 38.3 Å². The van der Waals surface area contributed by atoms with Gasteiger partial charge in [0.05, 0.1) is 12.7 Å². The Morgan fingerprint density at radius 1 is 1.15 bits per heavy atom. The van der Waals surface area contributed by atoms with E-state index < -0.39 is 0 Å². The quantitative estimate of drug-likeness (QED) is 0.785. The van der Waals surface area contributed by atoms with E-state index in [1.165, 1.54) is 0 Å². The molecule has 0 unspecified atom stereocenters. The average Bonchev–Trinajstić information content (AvgIpc) is 2.46. The zero-order chi connectivity index (χ0) is 15.0. The summed E-state index contributed by atoms with van der Waals surface area (Å²) in [5.41, 5.74) is 1.81. The van der Waals surface area contributed by atoms with Crippen LogP contribution in [0.25, 0.3) is 0 Å². The van der Waals surface area contributed by atoms with Crippen molar-refractivity contribution in [2.24, 2.45) is 5.92 Å². The fourth-order valence-corrected chi connectivity index (χ4v) is 1.93. The summed E-state index contributed by atoms with van der Waals surface area (Å²) in [6.45, 7) is 9.68. The first-order valence-corrected chi connectivity index (χ1v) is 7.55. The van der Waals surface area contributed by atoms with Crippen molar-refractivity contribution in [3.8, 4) is 0 Å². The van der Waals surface area contributed by atoms with E-state index in [1.54, 1.807) is 0 Å². The molecule has 20 heavy (non-hydrogen) atoms. The summed E-state index contributed by atoms with van der Waals surface area (Å²) in [6.07, 6.45) is 2.42. The lowest BCUT2D eigenvalue weighted by atomic mass is 10.0. The van der Waals surface area contributed by atoms with Gasteiger partial charge in [-0.3, -0.25) is 4.79 Å². The highest BCUT2D eigenvalue weighted by atomic mass is 16.5.